The highest BCUT2D eigenvalue weighted by Gasteiger charge is 2.35. The lowest BCUT2D eigenvalue weighted by molar-refractivity contribution is 0.0389. The van der Waals surface area contributed by atoms with Gasteiger partial charge in [-0.3, -0.25) is 14.3 Å². The van der Waals surface area contributed by atoms with Gasteiger partial charge >= 0.3 is 0 Å². The summed E-state index contributed by atoms with van der Waals surface area (Å²) in [6.07, 6.45) is 0.741. The molecule has 1 saturated carbocycles. The van der Waals surface area contributed by atoms with E-state index in [1.807, 2.05) is 12.1 Å². The van der Waals surface area contributed by atoms with Crippen LogP contribution in [-0.2, 0) is 11.3 Å². The van der Waals surface area contributed by atoms with E-state index in [4.69, 9.17) is 17.6 Å². The molecular formula is C31H30FN7O4. The quantitative estimate of drug-likeness (QED) is 0.286. The number of aromatic nitrogens is 5. The van der Waals surface area contributed by atoms with E-state index in [0.717, 1.165) is 5.69 Å². The molecule has 0 radical (unpaired) electrons. The van der Waals surface area contributed by atoms with E-state index < -0.39 is 29.5 Å². The maximum absolute atomic E-state index is 16.1. The molecule has 2 aromatic carbocycles. The van der Waals surface area contributed by atoms with Gasteiger partial charge in [0.1, 0.15) is 29.3 Å². The van der Waals surface area contributed by atoms with Crippen LogP contribution in [0.5, 0.6) is 0 Å². The van der Waals surface area contributed by atoms with Crippen LogP contribution in [0.3, 0.4) is 0 Å². The second-order valence-electron chi connectivity index (χ2n) is 10.9. The van der Waals surface area contributed by atoms with Crippen molar-refractivity contribution < 1.29 is 20.4 Å². The minimum absolute atomic E-state index is 0.00764. The Balaban J connectivity index is 1.32. The zero-order valence-corrected chi connectivity index (χ0v) is 23.1. The summed E-state index contributed by atoms with van der Waals surface area (Å²) in [4.78, 5) is 30.2. The van der Waals surface area contributed by atoms with Crippen LogP contribution in [0.2, 0.25) is 0 Å². The number of benzene rings is 2. The van der Waals surface area contributed by atoms with Gasteiger partial charge in [-0.05, 0) is 55.5 Å². The Morgan fingerprint density at radius 2 is 1.86 bits per heavy atom. The smallest absolute Gasteiger partial charge is 0.284 e. The average molecular weight is 585 g/mol. The molecule has 1 atom stereocenters. The van der Waals surface area contributed by atoms with Gasteiger partial charge in [0.15, 0.2) is 5.82 Å². The van der Waals surface area contributed by atoms with E-state index >= 15 is 4.39 Å². The summed E-state index contributed by atoms with van der Waals surface area (Å²) in [5.74, 6) is -1.28. The highest BCUT2D eigenvalue weighted by Crippen LogP contribution is 2.40. The minimum Gasteiger partial charge on any atom is -0.393 e. The number of hydrogen-bond acceptors (Lipinski definition) is 7. The molecule has 0 spiro atoms. The summed E-state index contributed by atoms with van der Waals surface area (Å²) in [7, 11) is 0. The Kier molecular flexibility index (Phi) is 6.30. The van der Waals surface area contributed by atoms with Crippen molar-refractivity contribution >= 4 is 17.2 Å². The van der Waals surface area contributed by atoms with Gasteiger partial charge in [-0.25, -0.2) is 18.6 Å². The molecule has 1 aliphatic heterocycles. The molecule has 1 unspecified atom stereocenters. The summed E-state index contributed by atoms with van der Waals surface area (Å²) < 4.78 is 34.9. The van der Waals surface area contributed by atoms with E-state index in [1.165, 1.54) is 17.1 Å². The summed E-state index contributed by atoms with van der Waals surface area (Å²) in [6.45, 7) is 0.512. The lowest BCUT2D eigenvalue weighted by Crippen LogP contribution is -2.28. The van der Waals surface area contributed by atoms with E-state index in [0.29, 0.717) is 54.6 Å². The molecule has 0 bridgehead atoms. The van der Waals surface area contributed by atoms with Crippen molar-refractivity contribution in [3.05, 3.63) is 99.6 Å². The van der Waals surface area contributed by atoms with Crippen molar-refractivity contribution in [3.8, 4) is 16.8 Å². The fraction of sp³-hybridized carbons (Fsp3) is 0.290. The molecule has 1 fully saturated rings. The number of hydrogen-bond donors (Lipinski definition) is 3. The Labute approximate surface area is 246 Å². The van der Waals surface area contributed by atoms with Crippen molar-refractivity contribution in [2.45, 2.75) is 50.3 Å². The van der Waals surface area contributed by atoms with Crippen LogP contribution in [0, 0.1) is 5.82 Å². The summed E-state index contributed by atoms with van der Waals surface area (Å²) in [5, 5.41) is 14.5. The molecule has 1 aliphatic carbocycles. The van der Waals surface area contributed by atoms with E-state index in [-0.39, 0.29) is 35.2 Å². The van der Waals surface area contributed by atoms with Crippen LogP contribution >= 0.6 is 0 Å². The number of anilines is 1. The number of nitrogens with zero attached hydrogens (tertiary/aromatic N) is 5. The minimum atomic E-state index is -1.45. The Morgan fingerprint density at radius 1 is 1.09 bits per heavy atom. The average Bonchev–Trinajstić information content (AvgIpc) is 3.53. The van der Waals surface area contributed by atoms with E-state index in [2.05, 4.69) is 10.1 Å². The molecule has 3 aromatic heterocycles. The van der Waals surface area contributed by atoms with Gasteiger partial charge in [-0.2, -0.15) is 5.10 Å². The highest BCUT2D eigenvalue weighted by atomic mass is 19.1. The van der Waals surface area contributed by atoms with Crippen molar-refractivity contribution in [2.75, 3.05) is 12.3 Å². The van der Waals surface area contributed by atoms with Crippen LogP contribution in [0.15, 0.2) is 65.7 Å². The molecule has 4 heterocycles. The second kappa shape index (κ2) is 10.5. The lowest BCUT2D eigenvalue weighted by Gasteiger charge is -2.27. The molecule has 5 N–H and O–H groups in total. The molecule has 0 saturated heterocycles. The lowest BCUT2D eigenvalue weighted by atomic mass is 9.85. The number of rotatable bonds is 5. The molecule has 7 rings (SSSR count). The third-order valence-corrected chi connectivity index (χ3v) is 8.44. The number of carbonyl (C=O) groups excluding carboxylic acids is 1. The van der Waals surface area contributed by atoms with Crippen LogP contribution in [0.1, 0.15) is 66.4 Å². The van der Waals surface area contributed by atoms with Gasteiger partial charge in [0.25, 0.3) is 11.5 Å². The first kappa shape index (κ1) is 25.9. The van der Waals surface area contributed by atoms with Gasteiger partial charge in [0.2, 0.25) is 0 Å². The van der Waals surface area contributed by atoms with Crippen LogP contribution < -0.4 is 17.0 Å². The first-order valence-corrected chi connectivity index (χ1v) is 14.1. The van der Waals surface area contributed by atoms with Crippen molar-refractivity contribution in [1.29, 1.82) is 0 Å². The second-order valence-corrected chi connectivity index (χ2v) is 10.9. The van der Waals surface area contributed by atoms with E-state index in [9.17, 15) is 14.7 Å². The standard InChI is InChI=1S/C31H30FN7O4/c32-23-14-18(28-27-25(30(34)41)31(42)39(37(27)12-13-43-28)19-4-2-1-3-5-19)8-11-21(23)22-15-24(17-6-9-20(40)10-7-17)38-26(22)29(33)35-16-36-38/h1-5,8,11,14-17,20,28,40H,6-7,9-10,12-13H2,(H2,34,41)(H2,33,35,36)/i20D. The summed E-state index contributed by atoms with van der Waals surface area (Å²) in [6, 6.07) is 15.4. The zero-order chi connectivity index (χ0) is 30.7. The molecule has 220 valence electrons. The Morgan fingerprint density at radius 3 is 2.58 bits per heavy atom. The maximum Gasteiger partial charge on any atom is 0.284 e. The van der Waals surface area contributed by atoms with Gasteiger partial charge in [-0.1, -0.05) is 30.3 Å². The SMILES string of the molecule is [2H]C1(O)CCC(c2cc(-c3ccc(C4OCCn5c4c(C(N)=O)c(=O)n5-c4ccccc4)cc3F)c3c(N)ncnn23)CC1. The summed E-state index contributed by atoms with van der Waals surface area (Å²) >= 11 is 0. The first-order valence-electron chi connectivity index (χ1n) is 14.6. The first-order chi connectivity index (χ1) is 21.1. The predicted octanol–water partition coefficient (Wildman–Crippen LogP) is 3.31. The predicted molar refractivity (Wildman–Crippen MR) is 156 cm³/mol. The third-order valence-electron chi connectivity index (χ3n) is 8.44. The molecule has 5 aromatic rings. The van der Waals surface area contributed by atoms with Gasteiger partial charge in [0, 0.05) is 22.7 Å². The number of fused-ring (bicyclic) bond motifs is 2. The number of halogens is 1. The molecule has 12 heteroatoms. The number of amides is 1. The van der Waals surface area contributed by atoms with E-state index in [1.54, 1.807) is 45.6 Å². The Bertz CT molecular complexity index is 1970. The van der Waals surface area contributed by atoms with Crippen molar-refractivity contribution in [3.63, 3.8) is 0 Å². The summed E-state index contributed by atoms with van der Waals surface area (Å²) in [5.41, 5.74) is 14.5. The third kappa shape index (κ3) is 4.41. The monoisotopic (exact) mass is 584 g/mol. The fourth-order valence-corrected chi connectivity index (χ4v) is 6.44. The van der Waals surface area contributed by atoms with Gasteiger partial charge < -0.3 is 21.3 Å². The van der Waals surface area contributed by atoms with Crippen LogP contribution in [0.25, 0.3) is 22.3 Å². The normalized spacial score (nSPS) is 22.3. The number of nitrogen functional groups attached to an aromatic ring is 1. The largest absolute Gasteiger partial charge is 0.393 e. The Hall–Kier alpha value is -4.81. The number of para-hydroxylation sites is 1. The molecule has 1 amide bonds. The number of ether oxygens (including phenoxy) is 1. The number of carbonyl (C=O) groups is 1. The van der Waals surface area contributed by atoms with Gasteiger partial charge in [0.05, 0.1) is 32.0 Å². The molecule has 2 aliphatic rings. The van der Waals surface area contributed by atoms with Crippen molar-refractivity contribution in [2.24, 2.45) is 5.73 Å². The highest BCUT2D eigenvalue weighted by molar-refractivity contribution is 5.94. The number of aliphatic hydroxyl groups is 1. The number of primary amides is 1. The zero-order valence-electron chi connectivity index (χ0n) is 24.1. The topological polar surface area (TPSA) is 156 Å². The van der Waals surface area contributed by atoms with Crippen LogP contribution in [-0.4, -0.2) is 47.7 Å². The fourth-order valence-electron chi connectivity index (χ4n) is 6.44. The molecule has 43 heavy (non-hydrogen) atoms. The van der Waals surface area contributed by atoms with Crippen molar-refractivity contribution in [1.82, 2.24) is 24.0 Å². The van der Waals surface area contributed by atoms with Crippen LogP contribution in [0.4, 0.5) is 10.2 Å². The van der Waals surface area contributed by atoms with Gasteiger partial charge in [-0.15, -0.1) is 0 Å². The molecular weight excluding hydrogens is 553 g/mol. The maximum atomic E-state index is 16.1. The molecule has 11 nitrogen and oxygen atoms in total. The number of nitrogens with two attached hydrogens (primary N) is 2.